The quantitative estimate of drug-likeness (QED) is 0.715. The number of piperidine rings is 1. The molecule has 2 aromatic carbocycles. The first kappa shape index (κ1) is 18.6. The summed E-state index contributed by atoms with van der Waals surface area (Å²) in [5.74, 6) is -2.07. The fourth-order valence-corrected chi connectivity index (χ4v) is 3.84. The van der Waals surface area contributed by atoms with Gasteiger partial charge in [0.1, 0.15) is 17.3 Å². The van der Waals surface area contributed by atoms with E-state index in [0.29, 0.717) is 24.4 Å². The topological polar surface area (TPSA) is 40.6 Å². The van der Waals surface area contributed by atoms with E-state index in [1.807, 2.05) is 4.90 Å². The molecule has 1 saturated heterocycles. The van der Waals surface area contributed by atoms with Gasteiger partial charge in [-0.2, -0.15) is 0 Å². The summed E-state index contributed by atoms with van der Waals surface area (Å²) >= 11 is 5.85. The number of hydrogen-bond acceptors (Lipinski definition) is 3. The number of amides is 2. The largest absolute Gasteiger partial charge is 0.366 e. The van der Waals surface area contributed by atoms with Crippen molar-refractivity contribution in [1.29, 1.82) is 0 Å². The lowest BCUT2D eigenvalue weighted by Crippen LogP contribution is -2.37. The normalized spacial score (nSPS) is 17.7. The third kappa shape index (κ3) is 3.18. The van der Waals surface area contributed by atoms with Crippen molar-refractivity contribution in [2.45, 2.75) is 19.3 Å². The number of carbonyl (C=O) groups excluding carboxylic acids is 2. The molecule has 0 unspecified atom stereocenters. The van der Waals surface area contributed by atoms with Crippen molar-refractivity contribution in [1.82, 2.24) is 4.90 Å². The number of anilines is 1. The molecule has 2 heterocycles. The Hall–Kier alpha value is -2.73. The van der Waals surface area contributed by atoms with Crippen LogP contribution in [0.5, 0.6) is 0 Å². The highest BCUT2D eigenvalue weighted by Crippen LogP contribution is 2.36. The van der Waals surface area contributed by atoms with Crippen LogP contribution in [0.3, 0.4) is 0 Å². The number of carbonyl (C=O) groups is 2. The Morgan fingerprint density at radius 3 is 2.18 bits per heavy atom. The second kappa shape index (κ2) is 7.36. The van der Waals surface area contributed by atoms with Crippen molar-refractivity contribution in [3.05, 3.63) is 70.4 Å². The summed E-state index contributed by atoms with van der Waals surface area (Å²) in [5.41, 5.74) is 1.20. The number of imide groups is 1. The zero-order valence-corrected chi connectivity index (χ0v) is 15.7. The predicted octanol–water partition coefficient (Wildman–Crippen LogP) is 4.39. The highest BCUT2D eigenvalue weighted by molar-refractivity contribution is 6.45. The highest BCUT2D eigenvalue weighted by atomic mass is 35.5. The minimum atomic E-state index is -0.632. The smallest absolute Gasteiger partial charge is 0.282 e. The molecular weight excluding hydrogens is 386 g/mol. The standard InChI is InChI=1S/C21H17ClF2N2O2/c22-16-12-15(8-9-17(16)24)26-20(27)18(13-4-6-14(23)7-5-13)19(21(26)28)25-10-2-1-3-11-25/h4-9,12H,1-3,10-11H2. The number of likely N-dealkylation sites (tertiary alicyclic amines) is 1. The van der Waals surface area contributed by atoms with E-state index in [4.69, 9.17) is 11.6 Å². The second-order valence-electron chi connectivity index (χ2n) is 6.82. The monoisotopic (exact) mass is 402 g/mol. The van der Waals surface area contributed by atoms with Crippen molar-refractivity contribution in [2.75, 3.05) is 18.0 Å². The van der Waals surface area contributed by atoms with Gasteiger partial charge in [-0.1, -0.05) is 23.7 Å². The van der Waals surface area contributed by atoms with Gasteiger partial charge >= 0.3 is 0 Å². The summed E-state index contributed by atoms with van der Waals surface area (Å²) in [6, 6.07) is 9.21. The Labute approximate surface area is 166 Å². The second-order valence-corrected chi connectivity index (χ2v) is 7.23. The van der Waals surface area contributed by atoms with Gasteiger partial charge in [0.2, 0.25) is 0 Å². The average Bonchev–Trinajstić information content (AvgIpc) is 2.96. The first-order valence-electron chi connectivity index (χ1n) is 9.06. The molecule has 0 spiro atoms. The summed E-state index contributed by atoms with van der Waals surface area (Å²) in [6.07, 6.45) is 2.91. The minimum Gasteiger partial charge on any atom is -0.366 e. The molecule has 0 saturated carbocycles. The van der Waals surface area contributed by atoms with Crippen molar-refractivity contribution in [3.63, 3.8) is 0 Å². The van der Waals surface area contributed by atoms with Gasteiger partial charge in [-0.3, -0.25) is 9.59 Å². The van der Waals surface area contributed by atoms with Crippen LogP contribution in [-0.4, -0.2) is 29.8 Å². The lowest BCUT2D eigenvalue weighted by molar-refractivity contribution is -0.120. The molecule has 4 nitrogen and oxygen atoms in total. The molecule has 0 atom stereocenters. The van der Waals surface area contributed by atoms with E-state index >= 15 is 0 Å². The molecule has 0 bridgehead atoms. The summed E-state index contributed by atoms with van der Waals surface area (Å²) in [7, 11) is 0. The summed E-state index contributed by atoms with van der Waals surface area (Å²) in [5, 5.41) is -0.173. The average molecular weight is 403 g/mol. The SMILES string of the molecule is O=C1C(c2ccc(F)cc2)=C(N2CCCCC2)C(=O)N1c1ccc(F)c(Cl)c1. The maximum Gasteiger partial charge on any atom is 0.282 e. The zero-order chi connectivity index (χ0) is 19.8. The minimum absolute atomic E-state index is 0.173. The Kier molecular flexibility index (Phi) is 4.89. The van der Waals surface area contributed by atoms with Gasteiger partial charge in [0.05, 0.1) is 16.3 Å². The van der Waals surface area contributed by atoms with Crippen LogP contribution in [0.4, 0.5) is 14.5 Å². The van der Waals surface area contributed by atoms with Crippen LogP contribution < -0.4 is 4.90 Å². The van der Waals surface area contributed by atoms with Gasteiger partial charge in [-0.05, 0) is 55.2 Å². The lowest BCUT2D eigenvalue weighted by Gasteiger charge is -2.29. The van der Waals surface area contributed by atoms with Gasteiger partial charge in [-0.25, -0.2) is 13.7 Å². The highest BCUT2D eigenvalue weighted by Gasteiger charge is 2.42. The van der Waals surface area contributed by atoms with Crippen LogP contribution in [0.15, 0.2) is 48.2 Å². The molecule has 4 rings (SSSR count). The van der Waals surface area contributed by atoms with E-state index in [0.717, 1.165) is 30.2 Å². The van der Waals surface area contributed by atoms with E-state index in [2.05, 4.69) is 0 Å². The van der Waals surface area contributed by atoms with Crippen LogP contribution >= 0.6 is 11.6 Å². The molecule has 7 heteroatoms. The van der Waals surface area contributed by atoms with E-state index in [1.165, 1.54) is 36.4 Å². The molecule has 0 aliphatic carbocycles. The van der Waals surface area contributed by atoms with E-state index in [-0.39, 0.29) is 16.3 Å². The van der Waals surface area contributed by atoms with Gasteiger partial charge in [0, 0.05) is 13.1 Å². The molecule has 1 fully saturated rings. The number of halogens is 3. The maximum atomic E-state index is 13.6. The predicted molar refractivity (Wildman–Crippen MR) is 103 cm³/mol. The van der Waals surface area contributed by atoms with Crippen LogP contribution in [0.2, 0.25) is 5.02 Å². The number of rotatable bonds is 3. The molecule has 2 aliphatic rings. The summed E-state index contributed by atoms with van der Waals surface area (Å²) in [4.78, 5) is 29.4. The molecule has 2 amide bonds. The molecule has 28 heavy (non-hydrogen) atoms. The Morgan fingerprint density at radius 2 is 1.54 bits per heavy atom. The first-order chi connectivity index (χ1) is 13.5. The fourth-order valence-electron chi connectivity index (χ4n) is 3.66. The molecule has 144 valence electrons. The fraction of sp³-hybridized carbons (Fsp3) is 0.238. The zero-order valence-electron chi connectivity index (χ0n) is 14.9. The van der Waals surface area contributed by atoms with Crippen molar-refractivity contribution >= 4 is 34.7 Å². The van der Waals surface area contributed by atoms with Gasteiger partial charge < -0.3 is 4.90 Å². The molecule has 2 aromatic rings. The third-order valence-corrected chi connectivity index (χ3v) is 5.32. The van der Waals surface area contributed by atoms with Gasteiger partial charge in [0.25, 0.3) is 11.8 Å². The van der Waals surface area contributed by atoms with Gasteiger partial charge in [-0.15, -0.1) is 0 Å². The van der Waals surface area contributed by atoms with E-state index < -0.39 is 23.4 Å². The lowest BCUT2D eigenvalue weighted by atomic mass is 10.0. The summed E-state index contributed by atoms with van der Waals surface area (Å²) in [6.45, 7) is 1.33. The van der Waals surface area contributed by atoms with Crippen molar-refractivity contribution < 1.29 is 18.4 Å². The van der Waals surface area contributed by atoms with Crippen molar-refractivity contribution in [3.8, 4) is 0 Å². The Morgan fingerprint density at radius 1 is 0.857 bits per heavy atom. The number of benzene rings is 2. The Balaban J connectivity index is 1.82. The van der Waals surface area contributed by atoms with Crippen molar-refractivity contribution in [2.24, 2.45) is 0 Å². The van der Waals surface area contributed by atoms with Crippen LogP contribution in [0, 0.1) is 11.6 Å². The van der Waals surface area contributed by atoms with E-state index in [9.17, 15) is 18.4 Å². The molecule has 0 aromatic heterocycles. The summed E-state index contributed by atoms with van der Waals surface area (Å²) < 4.78 is 26.9. The first-order valence-corrected chi connectivity index (χ1v) is 9.44. The number of nitrogens with zero attached hydrogens (tertiary/aromatic N) is 2. The number of hydrogen-bond donors (Lipinski definition) is 0. The molecular formula is C21H17ClF2N2O2. The van der Waals surface area contributed by atoms with Crippen LogP contribution in [0.25, 0.3) is 5.57 Å². The van der Waals surface area contributed by atoms with E-state index in [1.54, 1.807) is 0 Å². The molecule has 0 N–H and O–H groups in total. The maximum absolute atomic E-state index is 13.6. The third-order valence-electron chi connectivity index (χ3n) is 5.03. The van der Waals surface area contributed by atoms with Gasteiger partial charge in [0.15, 0.2) is 0 Å². The van der Waals surface area contributed by atoms with Crippen LogP contribution in [0.1, 0.15) is 24.8 Å². The molecule has 0 radical (unpaired) electrons. The molecule has 2 aliphatic heterocycles. The van der Waals surface area contributed by atoms with Crippen LogP contribution in [-0.2, 0) is 9.59 Å². The Bertz CT molecular complexity index is 982.